The highest BCUT2D eigenvalue weighted by Crippen LogP contribution is 2.50. The minimum absolute atomic E-state index is 1.11. The maximum absolute atomic E-state index is 2.46. The van der Waals surface area contributed by atoms with Crippen LogP contribution in [0.1, 0.15) is 0 Å². The molecule has 0 atom stereocenters. The fourth-order valence-electron chi connectivity index (χ4n) is 9.19. The maximum atomic E-state index is 2.46. The van der Waals surface area contributed by atoms with Gasteiger partial charge in [-0.1, -0.05) is 206 Å². The van der Waals surface area contributed by atoms with Crippen molar-refractivity contribution in [3.63, 3.8) is 0 Å². The molecule has 61 heavy (non-hydrogen) atoms. The van der Waals surface area contributed by atoms with Gasteiger partial charge in [0, 0.05) is 17.1 Å². The Bertz CT molecular complexity index is 3250. The highest BCUT2D eigenvalue weighted by molar-refractivity contribution is 6.33. The first kappa shape index (κ1) is 36.1. The molecule has 0 N–H and O–H groups in total. The summed E-state index contributed by atoms with van der Waals surface area (Å²) in [6.45, 7) is 0. The quantitative estimate of drug-likeness (QED) is 0.139. The summed E-state index contributed by atoms with van der Waals surface area (Å²) in [5, 5.41) is 7.41. The van der Waals surface area contributed by atoms with Gasteiger partial charge in [0.25, 0.3) is 0 Å². The molecule has 0 radical (unpaired) electrons. The Morgan fingerprint density at radius 2 is 0.607 bits per heavy atom. The second kappa shape index (κ2) is 15.6. The van der Waals surface area contributed by atoms with E-state index in [9.17, 15) is 0 Å². The van der Waals surface area contributed by atoms with Gasteiger partial charge in [0.1, 0.15) is 0 Å². The zero-order valence-electron chi connectivity index (χ0n) is 33.6. The number of benzene rings is 11. The highest BCUT2D eigenvalue weighted by Gasteiger charge is 2.23. The van der Waals surface area contributed by atoms with Gasteiger partial charge in [0.2, 0.25) is 0 Å². The first-order valence-corrected chi connectivity index (χ1v) is 21.0. The van der Waals surface area contributed by atoms with E-state index < -0.39 is 0 Å². The van der Waals surface area contributed by atoms with Crippen molar-refractivity contribution < 1.29 is 0 Å². The Balaban J connectivity index is 1.25. The lowest BCUT2D eigenvalue weighted by atomic mass is 9.81. The zero-order chi connectivity index (χ0) is 40.5. The van der Waals surface area contributed by atoms with Crippen molar-refractivity contribution in [2.24, 2.45) is 0 Å². The Hall–Kier alpha value is -8.00. The van der Waals surface area contributed by atoms with Crippen molar-refractivity contribution in [3.05, 3.63) is 249 Å². The largest absolute Gasteiger partial charge is 0.310 e. The van der Waals surface area contributed by atoms with Crippen LogP contribution in [0, 0.1) is 0 Å². The number of hydrogen-bond donors (Lipinski definition) is 0. The first-order valence-electron chi connectivity index (χ1n) is 21.0. The molecule has 0 aliphatic heterocycles. The van der Waals surface area contributed by atoms with Gasteiger partial charge in [0.15, 0.2) is 0 Å². The molecule has 0 bridgehead atoms. The average molecular weight is 776 g/mol. The number of fused-ring (bicyclic) bond motifs is 6. The van der Waals surface area contributed by atoms with Crippen LogP contribution in [-0.2, 0) is 0 Å². The maximum Gasteiger partial charge on any atom is 0.0468 e. The summed E-state index contributed by atoms with van der Waals surface area (Å²) in [5.74, 6) is 0. The lowest BCUT2D eigenvalue weighted by molar-refractivity contribution is 1.29. The topological polar surface area (TPSA) is 3.24 Å². The molecule has 0 unspecified atom stereocenters. The van der Waals surface area contributed by atoms with E-state index in [4.69, 9.17) is 0 Å². The van der Waals surface area contributed by atoms with Crippen molar-refractivity contribution in [1.82, 2.24) is 0 Å². The molecular formula is C60H41N. The number of hydrogen-bond acceptors (Lipinski definition) is 1. The van der Waals surface area contributed by atoms with Crippen LogP contribution < -0.4 is 4.90 Å². The van der Waals surface area contributed by atoms with Crippen LogP contribution in [0.25, 0.3) is 88.0 Å². The van der Waals surface area contributed by atoms with Gasteiger partial charge < -0.3 is 4.90 Å². The van der Waals surface area contributed by atoms with Crippen molar-refractivity contribution >= 4 is 49.4 Å². The van der Waals surface area contributed by atoms with Crippen LogP contribution in [-0.4, -0.2) is 0 Å². The molecule has 0 aliphatic rings. The van der Waals surface area contributed by atoms with Gasteiger partial charge in [-0.3, -0.25) is 0 Å². The lowest BCUT2D eigenvalue weighted by Gasteiger charge is -2.27. The Labute approximate surface area is 357 Å². The van der Waals surface area contributed by atoms with E-state index in [0.717, 1.165) is 17.1 Å². The van der Waals surface area contributed by atoms with Gasteiger partial charge in [-0.2, -0.15) is 0 Å². The summed E-state index contributed by atoms with van der Waals surface area (Å²) in [4.78, 5) is 2.36. The molecule has 0 aromatic heterocycles. The summed E-state index contributed by atoms with van der Waals surface area (Å²) >= 11 is 0. The molecule has 0 fully saturated rings. The van der Waals surface area contributed by atoms with Crippen LogP contribution in [0.2, 0.25) is 0 Å². The van der Waals surface area contributed by atoms with E-state index in [-0.39, 0.29) is 0 Å². The van der Waals surface area contributed by atoms with E-state index in [0.29, 0.717) is 0 Å². The van der Waals surface area contributed by atoms with Gasteiger partial charge >= 0.3 is 0 Å². The van der Waals surface area contributed by atoms with E-state index >= 15 is 0 Å². The van der Waals surface area contributed by atoms with Crippen LogP contribution >= 0.6 is 0 Å². The van der Waals surface area contributed by atoms with Crippen LogP contribution in [0.5, 0.6) is 0 Å². The minimum atomic E-state index is 1.11. The van der Waals surface area contributed by atoms with Crippen molar-refractivity contribution in [2.75, 3.05) is 4.90 Å². The highest BCUT2D eigenvalue weighted by atomic mass is 15.1. The van der Waals surface area contributed by atoms with Gasteiger partial charge in [-0.05, 0) is 130 Å². The third-order valence-corrected chi connectivity index (χ3v) is 12.0. The van der Waals surface area contributed by atoms with Crippen molar-refractivity contribution in [1.29, 1.82) is 0 Å². The average Bonchev–Trinajstić information content (AvgIpc) is 3.35. The Kier molecular flexibility index (Phi) is 9.26. The summed E-state index contributed by atoms with van der Waals surface area (Å²) in [5.41, 5.74) is 15.4. The van der Waals surface area contributed by atoms with Crippen molar-refractivity contribution in [3.8, 4) is 55.6 Å². The molecule has 1 nitrogen and oxygen atoms in total. The molecule has 11 aromatic carbocycles. The number of rotatable bonds is 8. The molecule has 0 heterocycles. The molecular weight excluding hydrogens is 735 g/mol. The zero-order valence-corrected chi connectivity index (χ0v) is 33.6. The first-order chi connectivity index (χ1) is 30.3. The van der Waals surface area contributed by atoms with Crippen LogP contribution in [0.4, 0.5) is 17.1 Å². The molecule has 11 aromatic rings. The smallest absolute Gasteiger partial charge is 0.0468 e. The molecule has 11 rings (SSSR count). The number of nitrogens with zero attached hydrogens (tertiary/aromatic N) is 1. The van der Waals surface area contributed by atoms with Crippen LogP contribution in [0.3, 0.4) is 0 Å². The summed E-state index contributed by atoms with van der Waals surface area (Å²) < 4.78 is 0. The second-order valence-electron chi connectivity index (χ2n) is 15.6. The fourth-order valence-corrected chi connectivity index (χ4v) is 9.19. The summed E-state index contributed by atoms with van der Waals surface area (Å²) in [6, 6.07) is 90.5. The van der Waals surface area contributed by atoms with Crippen molar-refractivity contribution in [2.45, 2.75) is 0 Å². The molecule has 0 saturated heterocycles. The molecule has 0 saturated carbocycles. The number of anilines is 3. The fraction of sp³-hybridized carbons (Fsp3) is 0. The minimum Gasteiger partial charge on any atom is -0.310 e. The molecule has 0 aliphatic carbocycles. The second-order valence-corrected chi connectivity index (χ2v) is 15.6. The summed E-state index contributed by atoms with van der Waals surface area (Å²) in [7, 11) is 0. The van der Waals surface area contributed by atoms with Gasteiger partial charge in [-0.15, -0.1) is 0 Å². The monoisotopic (exact) mass is 775 g/mol. The van der Waals surface area contributed by atoms with E-state index in [1.807, 2.05) is 0 Å². The summed E-state index contributed by atoms with van der Waals surface area (Å²) in [6.07, 6.45) is 0. The van der Waals surface area contributed by atoms with Gasteiger partial charge in [0.05, 0.1) is 0 Å². The van der Waals surface area contributed by atoms with E-state index in [1.165, 1.54) is 88.0 Å². The molecule has 0 amide bonds. The molecule has 0 spiro atoms. The molecule has 1 heteroatoms. The lowest BCUT2D eigenvalue weighted by Crippen LogP contribution is -2.09. The van der Waals surface area contributed by atoms with E-state index in [2.05, 4.69) is 254 Å². The van der Waals surface area contributed by atoms with Crippen LogP contribution in [0.15, 0.2) is 249 Å². The van der Waals surface area contributed by atoms with Gasteiger partial charge in [-0.25, -0.2) is 0 Å². The standard InChI is InChI=1S/C60H41N/c1-6-18-42(19-7-1)44-30-34-47(35-31-44)56-41-55(46-22-10-3-11-23-46)58(48-36-32-45(33-37-48)43-20-8-2-9-21-43)60-53-29-17-16-28-52(53)57-40-51(38-39-54(57)59(56)60)61(49-24-12-4-13-25-49)50-26-14-5-15-27-50/h1-41H. The Morgan fingerprint density at radius 3 is 1.15 bits per heavy atom. The third kappa shape index (κ3) is 6.63. The van der Waals surface area contributed by atoms with E-state index in [1.54, 1.807) is 0 Å². The molecule has 286 valence electrons. The SMILES string of the molecule is c1ccc(-c2ccc(-c3cc(-c4ccccc4)c(-c4ccc(-c5ccccc5)cc4)c4c5ccccc5c5cc(N(c6ccccc6)c6ccccc6)ccc5c34)cc2)cc1. The normalized spacial score (nSPS) is 11.3. The third-order valence-electron chi connectivity index (χ3n) is 12.0. The Morgan fingerprint density at radius 1 is 0.213 bits per heavy atom. The predicted molar refractivity (Wildman–Crippen MR) is 261 cm³/mol. The predicted octanol–water partition coefficient (Wildman–Crippen LogP) is 17.0. The number of para-hydroxylation sites is 2.